The van der Waals surface area contributed by atoms with Crippen molar-refractivity contribution in [2.75, 3.05) is 11.6 Å². The molecule has 0 aliphatic heterocycles. The molecule has 1 aromatic carbocycles. The Morgan fingerprint density at radius 1 is 1.26 bits per heavy atom. The van der Waals surface area contributed by atoms with E-state index in [1.165, 1.54) is 17.7 Å². The molecule has 1 heterocycles. The summed E-state index contributed by atoms with van der Waals surface area (Å²) in [5, 5.41) is 3.79. The zero-order valence-electron chi connectivity index (χ0n) is 10.6. The number of nitrogens with zero attached hydrogens (tertiary/aromatic N) is 2. The van der Waals surface area contributed by atoms with Gasteiger partial charge in [-0.05, 0) is 37.3 Å². The van der Waals surface area contributed by atoms with Crippen molar-refractivity contribution in [3.05, 3.63) is 41.3 Å². The van der Waals surface area contributed by atoms with Gasteiger partial charge in [0, 0.05) is 22.6 Å². The standard InChI is InChI=1S/C14H14ClN3S/c1-19-11-4-2-3-10(7-11)16-13-8-12(15)17-14(18-13)9-5-6-9/h2-4,7-9H,5-6H2,1H3,(H,16,17,18). The summed E-state index contributed by atoms with van der Waals surface area (Å²) in [4.78, 5) is 10.0. The molecule has 98 valence electrons. The van der Waals surface area contributed by atoms with Gasteiger partial charge in [0.2, 0.25) is 0 Å². The number of hydrogen-bond acceptors (Lipinski definition) is 4. The first-order chi connectivity index (χ1) is 9.24. The number of aromatic nitrogens is 2. The molecular weight excluding hydrogens is 278 g/mol. The van der Waals surface area contributed by atoms with Gasteiger partial charge in [-0.15, -0.1) is 11.8 Å². The van der Waals surface area contributed by atoms with Crippen molar-refractivity contribution < 1.29 is 0 Å². The molecule has 2 aromatic rings. The Morgan fingerprint density at radius 2 is 2.11 bits per heavy atom. The van der Waals surface area contributed by atoms with Crippen LogP contribution in [-0.4, -0.2) is 16.2 Å². The summed E-state index contributed by atoms with van der Waals surface area (Å²) in [5.41, 5.74) is 1.02. The van der Waals surface area contributed by atoms with Crippen molar-refractivity contribution in [1.29, 1.82) is 0 Å². The Bertz CT molecular complexity index is 599. The van der Waals surface area contributed by atoms with E-state index in [2.05, 4.69) is 33.7 Å². The molecular formula is C14H14ClN3S. The van der Waals surface area contributed by atoms with Crippen LogP contribution >= 0.6 is 23.4 Å². The summed E-state index contributed by atoms with van der Waals surface area (Å²) in [7, 11) is 0. The van der Waals surface area contributed by atoms with Crippen molar-refractivity contribution in [3.63, 3.8) is 0 Å². The number of benzene rings is 1. The smallest absolute Gasteiger partial charge is 0.135 e. The summed E-state index contributed by atoms with van der Waals surface area (Å²) in [6, 6.07) is 9.99. The van der Waals surface area contributed by atoms with E-state index < -0.39 is 0 Å². The molecule has 1 saturated carbocycles. The molecule has 0 bridgehead atoms. The Balaban J connectivity index is 1.85. The first-order valence-corrected chi connectivity index (χ1v) is 7.80. The Labute approximate surface area is 121 Å². The maximum absolute atomic E-state index is 6.05. The maximum atomic E-state index is 6.05. The van der Waals surface area contributed by atoms with Gasteiger partial charge < -0.3 is 5.32 Å². The maximum Gasteiger partial charge on any atom is 0.135 e. The van der Waals surface area contributed by atoms with Crippen molar-refractivity contribution in [3.8, 4) is 0 Å². The second kappa shape index (κ2) is 5.39. The molecule has 1 N–H and O–H groups in total. The number of anilines is 2. The highest BCUT2D eigenvalue weighted by atomic mass is 35.5. The van der Waals surface area contributed by atoms with Crippen LogP contribution in [0.2, 0.25) is 5.15 Å². The normalized spacial score (nSPS) is 14.4. The van der Waals surface area contributed by atoms with Crippen LogP contribution in [0.15, 0.2) is 35.2 Å². The molecule has 19 heavy (non-hydrogen) atoms. The van der Waals surface area contributed by atoms with Crippen LogP contribution in [0, 0.1) is 0 Å². The van der Waals surface area contributed by atoms with Crippen molar-refractivity contribution in [2.24, 2.45) is 0 Å². The third-order valence-electron chi connectivity index (χ3n) is 3.00. The minimum atomic E-state index is 0.497. The second-order valence-corrected chi connectivity index (χ2v) is 5.83. The first kappa shape index (κ1) is 12.8. The molecule has 5 heteroatoms. The molecule has 3 nitrogen and oxygen atoms in total. The third kappa shape index (κ3) is 3.19. The van der Waals surface area contributed by atoms with Gasteiger partial charge in [-0.2, -0.15) is 0 Å². The summed E-state index contributed by atoms with van der Waals surface area (Å²) < 4.78 is 0. The average molecular weight is 292 g/mol. The van der Waals surface area contributed by atoms with E-state index in [1.807, 2.05) is 12.1 Å². The van der Waals surface area contributed by atoms with Gasteiger partial charge in [0.25, 0.3) is 0 Å². The van der Waals surface area contributed by atoms with Crippen LogP contribution in [0.4, 0.5) is 11.5 Å². The Morgan fingerprint density at radius 3 is 2.84 bits per heavy atom. The lowest BCUT2D eigenvalue weighted by molar-refractivity contribution is 0.930. The zero-order valence-corrected chi connectivity index (χ0v) is 12.1. The second-order valence-electron chi connectivity index (χ2n) is 4.57. The lowest BCUT2D eigenvalue weighted by Crippen LogP contribution is -1.99. The van der Waals surface area contributed by atoms with Crippen LogP contribution in [0.1, 0.15) is 24.6 Å². The predicted molar refractivity (Wildman–Crippen MR) is 80.5 cm³/mol. The fourth-order valence-corrected chi connectivity index (χ4v) is 2.52. The molecule has 1 aliphatic rings. The molecule has 0 atom stereocenters. The molecule has 0 radical (unpaired) electrons. The molecule has 1 fully saturated rings. The van der Waals surface area contributed by atoms with Gasteiger partial charge in [-0.1, -0.05) is 17.7 Å². The molecule has 1 aromatic heterocycles. The first-order valence-electron chi connectivity index (χ1n) is 6.20. The van der Waals surface area contributed by atoms with Crippen molar-refractivity contribution in [2.45, 2.75) is 23.7 Å². The van der Waals surface area contributed by atoms with Gasteiger partial charge in [0.15, 0.2) is 0 Å². The van der Waals surface area contributed by atoms with E-state index in [1.54, 1.807) is 17.8 Å². The van der Waals surface area contributed by atoms with Gasteiger partial charge in [-0.25, -0.2) is 9.97 Å². The van der Waals surface area contributed by atoms with E-state index in [9.17, 15) is 0 Å². The summed E-state index contributed by atoms with van der Waals surface area (Å²) in [6.45, 7) is 0. The number of rotatable bonds is 4. The van der Waals surface area contributed by atoms with Gasteiger partial charge in [0.05, 0.1) is 0 Å². The van der Waals surface area contributed by atoms with Crippen LogP contribution in [0.3, 0.4) is 0 Å². The summed E-state index contributed by atoms with van der Waals surface area (Å²) in [6.07, 6.45) is 4.40. The van der Waals surface area contributed by atoms with Gasteiger partial charge >= 0.3 is 0 Å². The van der Waals surface area contributed by atoms with Crippen molar-refractivity contribution in [1.82, 2.24) is 9.97 Å². The van der Waals surface area contributed by atoms with Crippen LogP contribution < -0.4 is 5.32 Å². The van der Waals surface area contributed by atoms with Gasteiger partial charge in [0.1, 0.15) is 16.8 Å². The molecule has 1 aliphatic carbocycles. The van der Waals surface area contributed by atoms with E-state index in [0.29, 0.717) is 11.1 Å². The van der Waals surface area contributed by atoms with E-state index in [-0.39, 0.29) is 0 Å². The predicted octanol–water partition coefficient (Wildman–Crippen LogP) is 4.47. The fraction of sp³-hybridized carbons (Fsp3) is 0.286. The number of nitrogens with one attached hydrogen (secondary N) is 1. The van der Waals surface area contributed by atoms with Crippen LogP contribution in [0.5, 0.6) is 0 Å². The number of thioether (sulfide) groups is 1. The van der Waals surface area contributed by atoms with Gasteiger partial charge in [-0.3, -0.25) is 0 Å². The average Bonchev–Trinajstić information content (AvgIpc) is 3.22. The van der Waals surface area contributed by atoms with Crippen LogP contribution in [-0.2, 0) is 0 Å². The minimum absolute atomic E-state index is 0.497. The Hall–Kier alpha value is -1.26. The monoisotopic (exact) mass is 291 g/mol. The lowest BCUT2D eigenvalue weighted by atomic mass is 10.3. The SMILES string of the molecule is CSc1cccc(Nc2cc(Cl)nc(C3CC3)n2)c1. The van der Waals surface area contributed by atoms with E-state index in [4.69, 9.17) is 11.6 Å². The molecule has 3 rings (SSSR count). The number of hydrogen-bond donors (Lipinski definition) is 1. The highest BCUT2D eigenvalue weighted by Gasteiger charge is 2.27. The summed E-state index contributed by atoms with van der Waals surface area (Å²) in [5.74, 6) is 2.12. The zero-order chi connectivity index (χ0) is 13.2. The molecule has 0 saturated heterocycles. The lowest BCUT2D eigenvalue weighted by Gasteiger charge is -2.08. The third-order valence-corrected chi connectivity index (χ3v) is 3.92. The Kier molecular flexibility index (Phi) is 3.62. The van der Waals surface area contributed by atoms with E-state index in [0.717, 1.165) is 17.3 Å². The van der Waals surface area contributed by atoms with E-state index >= 15 is 0 Å². The minimum Gasteiger partial charge on any atom is -0.340 e. The number of halogens is 1. The highest BCUT2D eigenvalue weighted by molar-refractivity contribution is 7.98. The van der Waals surface area contributed by atoms with Crippen molar-refractivity contribution >= 4 is 34.9 Å². The molecule has 0 spiro atoms. The summed E-state index contributed by atoms with van der Waals surface area (Å²) >= 11 is 7.77. The molecule has 0 unspecified atom stereocenters. The van der Waals surface area contributed by atoms with Crippen LogP contribution in [0.25, 0.3) is 0 Å². The topological polar surface area (TPSA) is 37.8 Å². The molecule has 0 amide bonds. The quantitative estimate of drug-likeness (QED) is 0.666. The fourth-order valence-electron chi connectivity index (χ4n) is 1.87. The largest absolute Gasteiger partial charge is 0.340 e. The highest BCUT2D eigenvalue weighted by Crippen LogP contribution is 2.39.